The molecule has 0 fully saturated rings. The Morgan fingerprint density at radius 3 is 3.16 bits per heavy atom. The number of fused-ring (bicyclic) bond motifs is 1. The van der Waals surface area contributed by atoms with E-state index in [1.165, 1.54) is 11.1 Å². The summed E-state index contributed by atoms with van der Waals surface area (Å²) in [5.74, 6) is 1.98. The van der Waals surface area contributed by atoms with Crippen molar-refractivity contribution < 1.29 is 4.74 Å². The van der Waals surface area contributed by atoms with Crippen molar-refractivity contribution in [3.63, 3.8) is 0 Å². The van der Waals surface area contributed by atoms with Gasteiger partial charge in [0.1, 0.15) is 11.6 Å². The lowest BCUT2D eigenvalue weighted by Gasteiger charge is -2.17. The number of rotatable bonds is 3. The second kappa shape index (κ2) is 5.05. The summed E-state index contributed by atoms with van der Waals surface area (Å²) in [7, 11) is 1.95. The van der Waals surface area contributed by atoms with Gasteiger partial charge in [0.15, 0.2) is 0 Å². The van der Waals surface area contributed by atoms with E-state index >= 15 is 0 Å². The van der Waals surface area contributed by atoms with Crippen LogP contribution in [-0.4, -0.2) is 23.6 Å². The quantitative estimate of drug-likeness (QED) is 0.888. The number of benzene rings is 1. The maximum Gasteiger partial charge on any atom is 0.122 e. The molecular formula is C15H19N3O. The van der Waals surface area contributed by atoms with E-state index in [1.807, 2.05) is 14.0 Å². The minimum atomic E-state index is 0.795. The van der Waals surface area contributed by atoms with Gasteiger partial charge in [-0.25, -0.2) is 4.98 Å². The molecule has 0 saturated carbocycles. The standard InChI is InChI=1S/C15H19N3O/c1-10-17-13(9-16-2)15(18-10)12-5-6-14-11(8-12)4-3-7-19-14/h5-6,8,16H,3-4,7,9H2,1-2H3,(H,17,18). The molecule has 19 heavy (non-hydrogen) atoms. The normalized spacial score (nSPS) is 14.0. The zero-order valence-corrected chi connectivity index (χ0v) is 11.4. The van der Waals surface area contributed by atoms with Gasteiger partial charge in [0, 0.05) is 12.1 Å². The number of aryl methyl sites for hydroxylation is 2. The number of hydrogen-bond acceptors (Lipinski definition) is 3. The van der Waals surface area contributed by atoms with Crippen LogP contribution in [0, 0.1) is 6.92 Å². The van der Waals surface area contributed by atoms with Crippen molar-refractivity contribution in [2.24, 2.45) is 0 Å². The average Bonchev–Trinajstić information content (AvgIpc) is 2.80. The number of aromatic nitrogens is 2. The van der Waals surface area contributed by atoms with E-state index in [0.29, 0.717) is 0 Å². The lowest BCUT2D eigenvalue weighted by molar-refractivity contribution is 0.288. The van der Waals surface area contributed by atoms with Gasteiger partial charge in [-0.2, -0.15) is 0 Å². The third kappa shape index (κ3) is 2.36. The van der Waals surface area contributed by atoms with Gasteiger partial charge in [0.25, 0.3) is 0 Å². The molecule has 0 aliphatic carbocycles. The van der Waals surface area contributed by atoms with Crippen molar-refractivity contribution >= 4 is 0 Å². The van der Waals surface area contributed by atoms with E-state index < -0.39 is 0 Å². The first-order valence-corrected chi connectivity index (χ1v) is 6.74. The number of imidazole rings is 1. The van der Waals surface area contributed by atoms with Crippen LogP contribution in [0.5, 0.6) is 5.75 Å². The SMILES string of the molecule is CNCc1[nH]c(C)nc1-c1ccc2c(c1)CCCO2. The van der Waals surface area contributed by atoms with E-state index in [2.05, 4.69) is 33.5 Å². The molecule has 3 rings (SSSR count). The zero-order chi connectivity index (χ0) is 13.2. The molecule has 4 heteroatoms. The highest BCUT2D eigenvalue weighted by atomic mass is 16.5. The van der Waals surface area contributed by atoms with Crippen molar-refractivity contribution in [3.05, 3.63) is 35.3 Å². The van der Waals surface area contributed by atoms with Crippen molar-refractivity contribution in [2.75, 3.05) is 13.7 Å². The summed E-state index contributed by atoms with van der Waals surface area (Å²) in [5.41, 5.74) is 4.63. The van der Waals surface area contributed by atoms with Crippen LogP contribution < -0.4 is 10.1 Å². The molecule has 1 aromatic carbocycles. The Kier molecular flexibility index (Phi) is 3.25. The van der Waals surface area contributed by atoms with Crippen LogP contribution in [0.15, 0.2) is 18.2 Å². The second-order valence-corrected chi connectivity index (χ2v) is 4.95. The summed E-state index contributed by atoms with van der Waals surface area (Å²) >= 11 is 0. The van der Waals surface area contributed by atoms with Crippen molar-refractivity contribution in [1.82, 2.24) is 15.3 Å². The minimum Gasteiger partial charge on any atom is -0.493 e. The Hall–Kier alpha value is -1.81. The van der Waals surface area contributed by atoms with Crippen LogP contribution in [0.25, 0.3) is 11.3 Å². The van der Waals surface area contributed by atoms with Gasteiger partial charge in [-0.15, -0.1) is 0 Å². The zero-order valence-electron chi connectivity index (χ0n) is 11.4. The Bertz CT molecular complexity index is 589. The van der Waals surface area contributed by atoms with Gasteiger partial charge in [-0.1, -0.05) is 0 Å². The Labute approximate surface area is 113 Å². The van der Waals surface area contributed by atoms with Gasteiger partial charge >= 0.3 is 0 Å². The highest BCUT2D eigenvalue weighted by Gasteiger charge is 2.14. The van der Waals surface area contributed by atoms with E-state index in [0.717, 1.165) is 49.0 Å². The molecule has 100 valence electrons. The molecule has 1 aromatic heterocycles. The Morgan fingerprint density at radius 1 is 1.42 bits per heavy atom. The van der Waals surface area contributed by atoms with E-state index in [4.69, 9.17) is 4.74 Å². The van der Waals surface area contributed by atoms with Gasteiger partial charge in [0.05, 0.1) is 18.0 Å². The molecule has 2 N–H and O–H groups in total. The monoisotopic (exact) mass is 257 g/mol. The fourth-order valence-corrected chi connectivity index (χ4v) is 2.59. The topological polar surface area (TPSA) is 49.9 Å². The van der Waals surface area contributed by atoms with Crippen LogP contribution in [0.4, 0.5) is 0 Å². The van der Waals surface area contributed by atoms with E-state index in [1.54, 1.807) is 0 Å². The summed E-state index contributed by atoms with van der Waals surface area (Å²) in [5, 5.41) is 3.17. The van der Waals surface area contributed by atoms with Gasteiger partial charge in [-0.3, -0.25) is 0 Å². The molecule has 0 spiro atoms. The highest BCUT2D eigenvalue weighted by Crippen LogP contribution is 2.30. The molecule has 0 radical (unpaired) electrons. The first-order chi connectivity index (χ1) is 9.28. The van der Waals surface area contributed by atoms with Crippen LogP contribution in [0.2, 0.25) is 0 Å². The number of nitrogens with one attached hydrogen (secondary N) is 2. The number of nitrogens with zero attached hydrogens (tertiary/aromatic N) is 1. The number of aromatic amines is 1. The fourth-order valence-electron chi connectivity index (χ4n) is 2.59. The van der Waals surface area contributed by atoms with Crippen LogP contribution in [0.1, 0.15) is 23.5 Å². The Balaban J connectivity index is 2.01. The molecule has 0 saturated heterocycles. The molecular weight excluding hydrogens is 238 g/mol. The molecule has 0 atom stereocenters. The molecule has 4 nitrogen and oxygen atoms in total. The third-order valence-electron chi connectivity index (χ3n) is 3.43. The molecule has 1 aliphatic heterocycles. The average molecular weight is 257 g/mol. The molecule has 2 aromatic rings. The van der Waals surface area contributed by atoms with Crippen LogP contribution in [-0.2, 0) is 13.0 Å². The number of H-pyrrole nitrogens is 1. The van der Waals surface area contributed by atoms with E-state index in [9.17, 15) is 0 Å². The van der Waals surface area contributed by atoms with Crippen LogP contribution in [0.3, 0.4) is 0 Å². The molecule has 0 unspecified atom stereocenters. The molecule has 0 bridgehead atoms. The first kappa shape index (κ1) is 12.2. The Morgan fingerprint density at radius 2 is 2.32 bits per heavy atom. The smallest absolute Gasteiger partial charge is 0.122 e. The van der Waals surface area contributed by atoms with Gasteiger partial charge < -0.3 is 15.0 Å². The van der Waals surface area contributed by atoms with E-state index in [-0.39, 0.29) is 0 Å². The number of hydrogen-bond donors (Lipinski definition) is 2. The summed E-state index contributed by atoms with van der Waals surface area (Å²) in [6.45, 7) is 3.62. The lowest BCUT2D eigenvalue weighted by atomic mass is 10.0. The predicted octanol–water partition coefficient (Wildman–Crippen LogP) is 2.43. The van der Waals surface area contributed by atoms with Gasteiger partial charge in [-0.05, 0) is 50.6 Å². The molecule has 1 aliphatic rings. The van der Waals surface area contributed by atoms with Gasteiger partial charge in [0.2, 0.25) is 0 Å². The predicted molar refractivity (Wildman–Crippen MR) is 75.3 cm³/mol. The molecule has 0 amide bonds. The third-order valence-corrected chi connectivity index (χ3v) is 3.43. The molecule has 2 heterocycles. The lowest BCUT2D eigenvalue weighted by Crippen LogP contribution is -2.09. The fraction of sp³-hybridized carbons (Fsp3) is 0.400. The van der Waals surface area contributed by atoms with Crippen LogP contribution >= 0.6 is 0 Å². The summed E-state index contributed by atoms with van der Waals surface area (Å²) < 4.78 is 5.66. The van der Waals surface area contributed by atoms with Crippen molar-refractivity contribution in [3.8, 4) is 17.0 Å². The maximum atomic E-state index is 5.66. The summed E-state index contributed by atoms with van der Waals surface area (Å²) in [6.07, 6.45) is 2.19. The highest BCUT2D eigenvalue weighted by molar-refractivity contribution is 5.65. The largest absolute Gasteiger partial charge is 0.493 e. The minimum absolute atomic E-state index is 0.795. The second-order valence-electron chi connectivity index (χ2n) is 4.95. The summed E-state index contributed by atoms with van der Waals surface area (Å²) in [4.78, 5) is 7.93. The maximum absolute atomic E-state index is 5.66. The number of ether oxygens (including phenoxy) is 1. The summed E-state index contributed by atoms with van der Waals surface area (Å²) in [6, 6.07) is 6.37. The van der Waals surface area contributed by atoms with Crippen molar-refractivity contribution in [1.29, 1.82) is 0 Å². The first-order valence-electron chi connectivity index (χ1n) is 6.74. The van der Waals surface area contributed by atoms with Crippen molar-refractivity contribution in [2.45, 2.75) is 26.3 Å².